The predicted octanol–water partition coefficient (Wildman–Crippen LogP) is 1.26. The number of carbonyl (C=O) groups is 1. The summed E-state index contributed by atoms with van der Waals surface area (Å²) >= 11 is 0. The van der Waals surface area contributed by atoms with Gasteiger partial charge in [0.15, 0.2) is 12.1 Å². The zero-order chi connectivity index (χ0) is 18.5. The predicted molar refractivity (Wildman–Crippen MR) is 91.0 cm³/mol. The van der Waals surface area contributed by atoms with Crippen LogP contribution in [0.4, 0.5) is 0 Å². The van der Waals surface area contributed by atoms with Gasteiger partial charge in [-0.1, -0.05) is 30.3 Å². The lowest BCUT2D eigenvalue weighted by molar-refractivity contribution is -0.326. The second-order valence-electron chi connectivity index (χ2n) is 7.79. The topological polar surface area (TPSA) is 86.3 Å². The van der Waals surface area contributed by atoms with Crippen LogP contribution in [0.15, 0.2) is 30.3 Å². The second kappa shape index (κ2) is 6.28. The lowest BCUT2D eigenvalue weighted by Crippen LogP contribution is -2.69. The molecule has 4 rings (SSSR count). The largest absolute Gasteiger partial charge is 0.385 e. The Kier molecular flexibility index (Phi) is 4.32. The van der Waals surface area contributed by atoms with Gasteiger partial charge in [0.25, 0.3) is 0 Å². The van der Waals surface area contributed by atoms with Crippen molar-refractivity contribution in [2.75, 3.05) is 6.61 Å². The van der Waals surface area contributed by atoms with Crippen molar-refractivity contribution in [3.8, 4) is 0 Å². The van der Waals surface area contributed by atoms with Crippen molar-refractivity contribution in [2.24, 2.45) is 0 Å². The highest BCUT2D eigenvalue weighted by Gasteiger charge is 2.62. The first-order chi connectivity index (χ1) is 12.3. The maximum Gasteiger partial charge on any atom is 0.217 e. The number of fused-ring (bicyclic) bond motifs is 3. The summed E-state index contributed by atoms with van der Waals surface area (Å²) in [4.78, 5) is 11.6. The Hall–Kier alpha value is -1.51. The molecule has 1 aromatic carbocycles. The first kappa shape index (κ1) is 17.9. The number of rotatable bonds is 2. The van der Waals surface area contributed by atoms with E-state index in [4.69, 9.17) is 18.9 Å². The molecule has 1 aliphatic carbocycles. The SMILES string of the molecule is CC(=O)N[C@H]1C[C@]2(O)CO[C@@H](c3ccccc3)O[C@H]2[C@@H]2OC(C)(C)O[C@H]21. The van der Waals surface area contributed by atoms with Gasteiger partial charge in [0, 0.05) is 18.9 Å². The number of ether oxygens (including phenoxy) is 4. The molecule has 2 saturated heterocycles. The molecule has 0 bridgehead atoms. The van der Waals surface area contributed by atoms with Gasteiger partial charge in [-0.05, 0) is 13.8 Å². The minimum atomic E-state index is -1.26. The van der Waals surface area contributed by atoms with E-state index in [1.165, 1.54) is 6.92 Å². The third-order valence-corrected chi connectivity index (χ3v) is 5.18. The van der Waals surface area contributed by atoms with E-state index < -0.39 is 36.0 Å². The quantitative estimate of drug-likeness (QED) is 0.823. The lowest BCUT2D eigenvalue weighted by Gasteiger charge is -2.51. The van der Waals surface area contributed by atoms with Crippen LogP contribution >= 0.6 is 0 Å². The number of hydrogen-bond acceptors (Lipinski definition) is 6. The number of aliphatic hydroxyl groups is 1. The average molecular weight is 363 g/mol. The average Bonchev–Trinajstić information content (AvgIpc) is 2.90. The second-order valence-corrected chi connectivity index (χ2v) is 7.79. The summed E-state index contributed by atoms with van der Waals surface area (Å²) in [7, 11) is 0. The fourth-order valence-electron chi connectivity index (χ4n) is 4.20. The third-order valence-electron chi connectivity index (χ3n) is 5.18. The molecule has 0 radical (unpaired) electrons. The van der Waals surface area contributed by atoms with Crippen LogP contribution in [-0.4, -0.2) is 53.4 Å². The van der Waals surface area contributed by atoms with Crippen molar-refractivity contribution in [1.29, 1.82) is 0 Å². The van der Waals surface area contributed by atoms with Gasteiger partial charge in [-0.3, -0.25) is 4.79 Å². The normalized spacial score (nSPS) is 41.2. The third kappa shape index (κ3) is 3.14. The molecule has 7 heteroatoms. The zero-order valence-electron chi connectivity index (χ0n) is 15.2. The standard InChI is InChI=1S/C19H25NO6/c1-11(21)20-13-9-19(22)10-23-17(12-7-5-4-6-8-12)24-16(19)15-14(13)25-18(2,3)26-15/h4-8,13-17,22H,9-10H2,1-3H3,(H,20,21)/t13-,14-,15+,16-,17+,19-/m0/s1. The molecule has 0 spiro atoms. The summed E-state index contributed by atoms with van der Waals surface area (Å²) in [6, 6.07) is 9.22. The smallest absolute Gasteiger partial charge is 0.217 e. The van der Waals surface area contributed by atoms with Crippen LogP contribution in [0.2, 0.25) is 0 Å². The van der Waals surface area contributed by atoms with Crippen LogP contribution in [0, 0.1) is 0 Å². The zero-order valence-corrected chi connectivity index (χ0v) is 15.2. The van der Waals surface area contributed by atoms with Crippen LogP contribution in [0.25, 0.3) is 0 Å². The van der Waals surface area contributed by atoms with E-state index in [0.29, 0.717) is 0 Å². The monoisotopic (exact) mass is 363 g/mol. The Morgan fingerprint density at radius 2 is 1.88 bits per heavy atom. The number of benzene rings is 1. The Morgan fingerprint density at radius 3 is 2.58 bits per heavy atom. The molecule has 26 heavy (non-hydrogen) atoms. The minimum absolute atomic E-state index is 0.0975. The Balaban J connectivity index is 1.62. The van der Waals surface area contributed by atoms with Crippen LogP contribution in [0.5, 0.6) is 0 Å². The van der Waals surface area contributed by atoms with Gasteiger partial charge in [0.05, 0.1) is 12.6 Å². The van der Waals surface area contributed by atoms with Crippen molar-refractivity contribution >= 4 is 5.91 Å². The highest BCUT2D eigenvalue weighted by atomic mass is 16.8. The fourth-order valence-corrected chi connectivity index (χ4v) is 4.20. The molecule has 1 saturated carbocycles. The number of carbonyl (C=O) groups excluding carboxylic acids is 1. The van der Waals surface area contributed by atoms with E-state index in [2.05, 4.69) is 5.32 Å². The molecule has 2 aliphatic heterocycles. The van der Waals surface area contributed by atoms with E-state index in [1.54, 1.807) is 0 Å². The maximum atomic E-state index is 11.6. The summed E-state index contributed by atoms with van der Waals surface area (Å²) in [5.74, 6) is -0.995. The Bertz CT molecular complexity index is 680. The van der Waals surface area contributed by atoms with E-state index in [1.807, 2.05) is 44.2 Å². The Labute approximate surface area is 152 Å². The van der Waals surface area contributed by atoms with Crippen molar-refractivity contribution in [3.63, 3.8) is 0 Å². The molecule has 0 aromatic heterocycles. The molecule has 1 amide bonds. The molecule has 2 heterocycles. The minimum Gasteiger partial charge on any atom is -0.385 e. The van der Waals surface area contributed by atoms with Gasteiger partial charge >= 0.3 is 0 Å². The van der Waals surface area contributed by atoms with E-state index >= 15 is 0 Å². The summed E-state index contributed by atoms with van der Waals surface area (Å²) in [5.41, 5.74) is -0.378. The van der Waals surface area contributed by atoms with E-state index in [0.717, 1.165) is 5.56 Å². The summed E-state index contributed by atoms with van der Waals surface area (Å²) < 4.78 is 24.1. The van der Waals surface area contributed by atoms with Gasteiger partial charge in [-0.2, -0.15) is 0 Å². The van der Waals surface area contributed by atoms with Crippen LogP contribution in [0.1, 0.15) is 39.0 Å². The molecule has 3 aliphatic rings. The number of amides is 1. The first-order valence-electron chi connectivity index (χ1n) is 8.95. The molecule has 6 atom stereocenters. The molecule has 1 aromatic rings. The van der Waals surface area contributed by atoms with E-state index in [9.17, 15) is 9.90 Å². The maximum absolute atomic E-state index is 11.6. The highest BCUT2D eigenvalue weighted by molar-refractivity contribution is 5.73. The van der Waals surface area contributed by atoms with Crippen molar-refractivity contribution in [2.45, 2.75) is 69.2 Å². The molecule has 7 nitrogen and oxygen atoms in total. The molecule has 2 N–H and O–H groups in total. The van der Waals surface area contributed by atoms with Crippen LogP contribution < -0.4 is 5.32 Å². The summed E-state index contributed by atoms with van der Waals surface area (Å²) in [6.07, 6.45) is -1.81. The van der Waals surface area contributed by atoms with Gasteiger partial charge in [0.2, 0.25) is 5.91 Å². The van der Waals surface area contributed by atoms with E-state index in [-0.39, 0.29) is 25.0 Å². The number of nitrogens with one attached hydrogen (secondary N) is 1. The molecule has 3 fully saturated rings. The van der Waals surface area contributed by atoms with Crippen molar-refractivity contribution < 1.29 is 28.8 Å². The molecule has 0 unspecified atom stereocenters. The van der Waals surface area contributed by atoms with Crippen molar-refractivity contribution in [1.82, 2.24) is 5.32 Å². The summed E-state index contributed by atoms with van der Waals surface area (Å²) in [6.45, 7) is 5.19. The van der Waals surface area contributed by atoms with Crippen molar-refractivity contribution in [3.05, 3.63) is 35.9 Å². The van der Waals surface area contributed by atoms with Crippen LogP contribution in [0.3, 0.4) is 0 Å². The Morgan fingerprint density at radius 1 is 1.19 bits per heavy atom. The summed E-state index contributed by atoms with van der Waals surface area (Å²) in [5, 5.41) is 14.1. The molecular weight excluding hydrogens is 338 g/mol. The molecule has 142 valence electrons. The molecular formula is C19H25NO6. The van der Waals surface area contributed by atoms with Gasteiger partial charge in [-0.15, -0.1) is 0 Å². The van der Waals surface area contributed by atoms with Gasteiger partial charge in [-0.25, -0.2) is 0 Å². The number of hydrogen-bond donors (Lipinski definition) is 2. The van der Waals surface area contributed by atoms with Crippen LogP contribution in [-0.2, 0) is 23.7 Å². The first-order valence-corrected chi connectivity index (χ1v) is 8.95. The fraction of sp³-hybridized carbons (Fsp3) is 0.632. The highest BCUT2D eigenvalue weighted by Crippen LogP contribution is 2.46. The lowest BCUT2D eigenvalue weighted by atomic mass is 9.75. The van der Waals surface area contributed by atoms with Gasteiger partial charge < -0.3 is 29.4 Å². The van der Waals surface area contributed by atoms with Gasteiger partial charge in [0.1, 0.15) is 23.9 Å².